The molecule has 1 aromatic heterocycles. The average Bonchev–Trinajstić information content (AvgIpc) is 2.95. The second-order valence-electron chi connectivity index (χ2n) is 9.47. The molecule has 0 saturated heterocycles. The molecule has 3 aromatic carbocycles. The molecular formula is C32H32F2N2O7. The van der Waals surface area contributed by atoms with Crippen LogP contribution >= 0.6 is 0 Å². The number of rotatable bonds is 13. The monoisotopic (exact) mass is 594 g/mol. The summed E-state index contributed by atoms with van der Waals surface area (Å²) in [5, 5.41) is 9.10. The number of pyridine rings is 1. The summed E-state index contributed by atoms with van der Waals surface area (Å²) in [4.78, 5) is 39.6. The van der Waals surface area contributed by atoms with E-state index in [2.05, 4.69) is 0 Å². The minimum absolute atomic E-state index is 0.0295. The molecule has 43 heavy (non-hydrogen) atoms. The van der Waals surface area contributed by atoms with E-state index in [0.717, 1.165) is 17.0 Å². The van der Waals surface area contributed by atoms with Crippen molar-refractivity contribution in [3.63, 3.8) is 0 Å². The van der Waals surface area contributed by atoms with Gasteiger partial charge in [0.25, 0.3) is 5.91 Å². The van der Waals surface area contributed by atoms with Gasteiger partial charge in [-0.2, -0.15) is 0 Å². The number of ether oxygens (including phenoxy) is 3. The van der Waals surface area contributed by atoms with Gasteiger partial charge in [0.15, 0.2) is 0 Å². The summed E-state index contributed by atoms with van der Waals surface area (Å²) < 4.78 is 47.0. The number of carboxylic acids is 1. The summed E-state index contributed by atoms with van der Waals surface area (Å²) in [5.41, 5.74) is 0.0617. The molecule has 0 spiro atoms. The van der Waals surface area contributed by atoms with Gasteiger partial charge in [0.1, 0.15) is 34.4 Å². The largest absolute Gasteiger partial charge is 0.494 e. The maximum Gasteiger partial charge on any atom is 0.303 e. The third kappa shape index (κ3) is 7.29. The minimum atomic E-state index is -0.936. The highest BCUT2D eigenvalue weighted by Crippen LogP contribution is 2.30. The number of anilines is 1. The molecule has 0 saturated carbocycles. The predicted molar refractivity (Wildman–Crippen MR) is 158 cm³/mol. The summed E-state index contributed by atoms with van der Waals surface area (Å²) >= 11 is 0. The molecule has 9 nitrogen and oxygen atoms in total. The first-order valence-corrected chi connectivity index (χ1v) is 13.9. The number of carbonyl (C=O) groups excluding carboxylic acids is 1. The Morgan fingerprint density at radius 2 is 1.51 bits per heavy atom. The molecule has 0 aliphatic rings. The molecule has 1 N–H and O–H groups in total. The van der Waals surface area contributed by atoms with Crippen molar-refractivity contribution >= 4 is 28.5 Å². The number of amides is 1. The number of nitrogens with zero attached hydrogens (tertiary/aromatic N) is 2. The molecule has 226 valence electrons. The van der Waals surface area contributed by atoms with Crippen LogP contribution in [-0.2, 0) is 4.79 Å². The van der Waals surface area contributed by atoms with E-state index in [1.165, 1.54) is 12.3 Å². The summed E-state index contributed by atoms with van der Waals surface area (Å²) in [6.45, 7) is 6.25. The van der Waals surface area contributed by atoms with Crippen LogP contribution in [0.5, 0.6) is 17.2 Å². The van der Waals surface area contributed by atoms with E-state index in [1.807, 2.05) is 13.8 Å². The van der Waals surface area contributed by atoms with Gasteiger partial charge < -0.3 is 28.8 Å². The molecular weight excluding hydrogens is 562 g/mol. The van der Waals surface area contributed by atoms with Gasteiger partial charge in [-0.1, -0.05) is 0 Å². The molecule has 0 unspecified atom stereocenters. The van der Waals surface area contributed by atoms with Crippen LogP contribution < -0.4 is 24.5 Å². The number of carboxylic acid groups (broad SMARTS) is 1. The predicted octanol–water partition coefficient (Wildman–Crippen LogP) is 5.98. The van der Waals surface area contributed by atoms with Crippen molar-refractivity contribution in [3.05, 3.63) is 88.2 Å². The van der Waals surface area contributed by atoms with Gasteiger partial charge in [-0.3, -0.25) is 14.4 Å². The Bertz CT molecular complexity index is 1660. The molecule has 4 rings (SSSR count). The molecule has 0 atom stereocenters. The van der Waals surface area contributed by atoms with Crippen molar-refractivity contribution in [2.75, 3.05) is 31.3 Å². The highest BCUT2D eigenvalue weighted by atomic mass is 19.1. The Balaban J connectivity index is 1.91. The lowest BCUT2D eigenvalue weighted by Crippen LogP contribution is -2.35. The lowest BCUT2D eigenvalue weighted by molar-refractivity contribution is -0.137. The van der Waals surface area contributed by atoms with E-state index in [0.29, 0.717) is 47.7 Å². The molecule has 0 radical (unpaired) electrons. The number of halogens is 2. The maximum atomic E-state index is 14.0. The van der Waals surface area contributed by atoms with Crippen LogP contribution in [0.1, 0.15) is 44.0 Å². The van der Waals surface area contributed by atoms with Crippen LogP contribution in [0, 0.1) is 11.6 Å². The van der Waals surface area contributed by atoms with Gasteiger partial charge >= 0.3 is 5.97 Å². The van der Waals surface area contributed by atoms with Crippen molar-refractivity contribution in [1.29, 1.82) is 0 Å². The fourth-order valence-electron chi connectivity index (χ4n) is 4.65. The van der Waals surface area contributed by atoms with Gasteiger partial charge in [-0.25, -0.2) is 8.78 Å². The highest BCUT2D eigenvalue weighted by Gasteiger charge is 2.24. The molecule has 0 bridgehead atoms. The molecule has 11 heteroatoms. The number of hydrogen-bond donors (Lipinski definition) is 1. The Morgan fingerprint density at radius 1 is 0.860 bits per heavy atom. The highest BCUT2D eigenvalue weighted by molar-refractivity contribution is 6.07. The Morgan fingerprint density at radius 3 is 2.09 bits per heavy atom. The summed E-state index contributed by atoms with van der Waals surface area (Å²) in [6.07, 6.45) is 1.60. The normalized spacial score (nSPS) is 10.9. The quantitative estimate of drug-likeness (QED) is 0.190. The van der Waals surface area contributed by atoms with Crippen LogP contribution in [0.15, 0.2) is 65.6 Å². The SMILES string of the molecule is CCOc1cc(OCC)cc(-n2cc(C(=O)N(CC)c3cc(F)cc(F)c3)c(=O)c3ccc(OCCCC(=O)O)cc32)c1. The molecule has 4 aromatic rings. The number of aliphatic carboxylic acids is 1. The van der Waals surface area contributed by atoms with E-state index in [1.54, 1.807) is 41.8 Å². The molecule has 0 aliphatic carbocycles. The molecule has 0 fully saturated rings. The second kappa shape index (κ2) is 13.8. The van der Waals surface area contributed by atoms with E-state index in [9.17, 15) is 23.2 Å². The van der Waals surface area contributed by atoms with Gasteiger partial charge in [-0.05, 0) is 51.5 Å². The van der Waals surface area contributed by atoms with Gasteiger partial charge in [-0.15, -0.1) is 0 Å². The molecule has 1 heterocycles. The van der Waals surface area contributed by atoms with Gasteiger partial charge in [0, 0.05) is 60.6 Å². The summed E-state index contributed by atoms with van der Waals surface area (Å²) in [6, 6.07) is 12.6. The lowest BCUT2D eigenvalue weighted by Gasteiger charge is -2.22. The number of hydrogen-bond acceptors (Lipinski definition) is 6. The first-order chi connectivity index (χ1) is 20.6. The standard InChI is InChI=1S/C32H32F2N2O7/c1-4-35(22-13-20(33)12-21(34)14-22)32(40)28-19-36(23-15-25(41-5-2)17-26(16-23)42-6-3)29-18-24(9-10-27(29)31(28)39)43-11-7-8-30(37)38/h9-10,12-19H,4-8,11H2,1-3H3,(H,37,38). The van der Waals surface area contributed by atoms with Crippen molar-refractivity contribution < 1.29 is 37.7 Å². The van der Waals surface area contributed by atoms with E-state index in [4.69, 9.17) is 19.3 Å². The number of fused-ring (bicyclic) bond motifs is 1. The van der Waals surface area contributed by atoms with Gasteiger partial charge in [0.2, 0.25) is 5.43 Å². The van der Waals surface area contributed by atoms with Crippen LogP contribution in [0.4, 0.5) is 14.5 Å². The second-order valence-corrected chi connectivity index (χ2v) is 9.47. The molecule has 0 aliphatic heterocycles. The summed E-state index contributed by atoms with van der Waals surface area (Å²) in [5.74, 6) is -2.01. The van der Waals surface area contributed by atoms with Gasteiger partial charge in [0.05, 0.1) is 31.0 Å². The van der Waals surface area contributed by atoms with Crippen LogP contribution in [0.3, 0.4) is 0 Å². The average molecular weight is 595 g/mol. The van der Waals surface area contributed by atoms with E-state index >= 15 is 0 Å². The van der Waals surface area contributed by atoms with Crippen LogP contribution in [-0.4, -0.2) is 47.9 Å². The fraction of sp³-hybridized carbons (Fsp3) is 0.281. The smallest absolute Gasteiger partial charge is 0.303 e. The summed E-state index contributed by atoms with van der Waals surface area (Å²) in [7, 11) is 0. The van der Waals surface area contributed by atoms with Crippen LogP contribution in [0.2, 0.25) is 0 Å². The minimum Gasteiger partial charge on any atom is -0.494 e. The Hall–Kier alpha value is -4.93. The maximum absolute atomic E-state index is 14.0. The topological polar surface area (TPSA) is 107 Å². The van der Waals surface area contributed by atoms with Crippen molar-refractivity contribution in [2.45, 2.75) is 33.6 Å². The number of benzene rings is 3. The Labute approximate surface area is 246 Å². The number of carbonyl (C=O) groups is 2. The first-order valence-electron chi connectivity index (χ1n) is 13.9. The zero-order valence-electron chi connectivity index (χ0n) is 24.1. The lowest BCUT2D eigenvalue weighted by atomic mass is 10.1. The van der Waals surface area contributed by atoms with E-state index in [-0.39, 0.29) is 42.6 Å². The van der Waals surface area contributed by atoms with Crippen molar-refractivity contribution in [1.82, 2.24) is 4.57 Å². The molecule has 1 amide bonds. The zero-order chi connectivity index (χ0) is 31.1. The fourth-order valence-corrected chi connectivity index (χ4v) is 4.65. The van der Waals surface area contributed by atoms with Crippen molar-refractivity contribution in [2.24, 2.45) is 0 Å². The first kappa shape index (κ1) is 31.0. The third-order valence-electron chi connectivity index (χ3n) is 6.50. The zero-order valence-corrected chi connectivity index (χ0v) is 24.1. The van der Waals surface area contributed by atoms with Crippen LogP contribution in [0.25, 0.3) is 16.6 Å². The van der Waals surface area contributed by atoms with E-state index < -0.39 is 28.9 Å². The van der Waals surface area contributed by atoms with Crippen molar-refractivity contribution in [3.8, 4) is 22.9 Å². The third-order valence-corrected chi connectivity index (χ3v) is 6.50. The number of aromatic nitrogens is 1. The Kier molecular flexibility index (Phi) is 9.97.